The summed E-state index contributed by atoms with van der Waals surface area (Å²) in [5.74, 6) is 0.306. The van der Waals surface area contributed by atoms with Crippen molar-refractivity contribution in [3.63, 3.8) is 0 Å². The molecule has 0 spiro atoms. The molecule has 0 aromatic rings. The van der Waals surface area contributed by atoms with Crippen molar-refractivity contribution in [2.45, 2.75) is 25.3 Å². The molecule has 4 heteroatoms. The van der Waals surface area contributed by atoms with Crippen LogP contribution >= 0.6 is 0 Å². The number of hydrazine groups is 1. The minimum Gasteiger partial charge on any atom is -0.320 e. The summed E-state index contributed by atoms with van der Waals surface area (Å²) in [6.45, 7) is 0. The Kier molecular flexibility index (Phi) is 2.84. The Labute approximate surface area is 66.5 Å². The summed E-state index contributed by atoms with van der Waals surface area (Å²) in [4.78, 5) is 11.1. The van der Waals surface area contributed by atoms with Crippen molar-refractivity contribution in [1.29, 1.82) is 0 Å². The quantitative estimate of drug-likeness (QED) is 0.478. The highest BCUT2D eigenvalue weighted by atomic mass is 16.2. The van der Waals surface area contributed by atoms with Crippen molar-refractivity contribution in [2.75, 3.05) is 7.05 Å². The van der Waals surface area contributed by atoms with E-state index in [9.17, 15) is 4.79 Å². The van der Waals surface area contributed by atoms with Crippen LogP contribution in [0.1, 0.15) is 19.3 Å². The molecule has 0 heterocycles. The number of rotatable bonds is 3. The van der Waals surface area contributed by atoms with Crippen molar-refractivity contribution in [1.82, 2.24) is 10.9 Å². The fourth-order valence-electron chi connectivity index (χ4n) is 1.22. The number of amides is 1. The van der Waals surface area contributed by atoms with Crippen molar-refractivity contribution in [3.8, 4) is 0 Å². The molecule has 1 saturated carbocycles. The van der Waals surface area contributed by atoms with Crippen molar-refractivity contribution in [2.24, 2.45) is 11.7 Å². The maximum atomic E-state index is 11.1. The molecule has 0 radical (unpaired) electrons. The van der Waals surface area contributed by atoms with Gasteiger partial charge in [-0.05, 0) is 18.8 Å². The number of carbonyl (C=O) groups excluding carboxylic acids is 1. The molecule has 64 valence electrons. The molecule has 11 heavy (non-hydrogen) atoms. The number of nitrogens with two attached hydrogens (primary N) is 1. The SMILES string of the molecule is CNNC(=O)C(N)C1CCC1. The second-order valence-corrected chi connectivity index (χ2v) is 2.96. The van der Waals surface area contributed by atoms with Gasteiger partial charge in [0.05, 0.1) is 6.04 Å². The second kappa shape index (κ2) is 3.69. The lowest BCUT2D eigenvalue weighted by Gasteiger charge is -2.29. The summed E-state index contributed by atoms with van der Waals surface area (Å²) in [6.07, 6.45) is 3.40. The Morgan fingerprint density at radius 1 is 1.64 bits per heavy atom. The second-order valence-electron chi connectivity index (χ2n) is 2.96. The largest absolute Gasteiger partial charge is 0.320 e. The normalized spacial score (nSPS) is 20.5. The van der Waals surface area contributed by atoms with Gasteiger partial charge in [0.25, 0.3) is 5.91 Å². The summed E-state index contributed by atoms with van der Waals surface area (Å²) in [5.41, 5.74) is 10.7. The number of hydrogen-bond donors (Lipinski definition) is 3. The fraction of sp³-hybridized carbons (Fsp3) is 0.857. The van der Waals surface area contributed by atoms with Crippen LogP contribution in [0.15, 0.2) is 0 Å². The molecular weight excluding hydrogens is 142 g/mol. The van der Waals surface area contributed by atoms with Gasteiger partial charge in [-0.25, -0.2) is 5.43 Å². The van der Waals surface area contributed by atoms with E-state index < -0.39 is 0 Å². The van der Waals surface area contributed by atoms with Gasteiger partial charge in [0.15, 0.2) is 0 Å². The van der Waals surface area contributed by atoms with Crippen LogP contribution in [0.4, 0.5) is 0 Å². The van der Waals surface area contributed by atoms with Crippen molar-refractivity contribution in [3.05, 3.63) is 0 Å². The Balaban J connectivity index is 2.27. The van der Waals surface area contributed by atoms with Crippen molar-refractivity contribution < 1.29 is 4.79 Å². The Bertz CT molecular complexity index is 145. The van der Waals surface area contributed by atoms with Gasteiger partial charge in [-0.15, -0.1) is 0 Å². The van der Waals surface area contributed by atoms with Crippen LogP contribution in [-0.4, -0.2) is 19.0 Å². The highest BCUT2D eigenvalue weighted by Gasteiger charge is 2.28. The molecule has 4 nitrogen and oxygen atoms in total. The molecule has 0 saturated heterocycles. The number of hydrogen-bond acceptors (Lipinski definition) is 3. The lowest BCUT2D eigenvalue weighted by molar-refractivity contribution is -0.125. The van der Waals surface area contributed by atoms with E-state index in [0.717, 1.165) is 12.8 Å². The zero-order valence-electron chi connectivity index (χ0n) is 6.76. The first-order valence-electron chi connectivity index (χ1n) is 3.98. The predicted octanol–water partition coefficient (Wildman–Crippen LogP) is -0.636. The van der Waals surface area contributed by atoms with E-state index in [0.29, 0.717) is 5.92 Å². The van der Waals surface area contributed by atoms with Crippen LogP contribution in [0.3, 0.4) is 0 Å². The summed E-state index contributed by atoms with van der Waals surface area (Å²) in [7, 11) is 1.66. The molecule has 1 rings (SSSR count). The molecule has 0 aliphatic heterocycles. The Hall–Kier alpha value is -0.610. The Morgan fingerprint density at radius 2 is 2.27 bits per heavy atom. The molecule has 1 aliphatic rings. The van der Waals surface area contributed by atoms with Crippen LogP contribution in [0.5, 0.6) is 0 Å². The summed E-state index contributed by atoms with van der Waals surface area (Å²) >= 11 is 0. The van der Waals surface area contributed by atoms with E-state index >= 15 is 0 Å². The fourth-order valence-corrected chi connectivity index (χ4v) is 1.22. The summed E-state index contributed by atoms with van der Waals surface area (Å²) in [6, 6.07) is -0.323. The van der Waals surface area contributed by atoms with Crippen LogP contribution < -0.4 is 16.6 Å². The minimum atomic E-state index is -0.323. The molecule has 1 aliphatic carbocycles. The monoisotopic (exact) mass is 157 g/mol. The van der Waals surface area contributed by atoms with Gasteiger partial charge in [0.2, 0.25) is 0 Å². The Morgan fingerprint density at radius 3 is 2.64 bits per heavy atom. The zero-order chi connectivity index (χ0) is 8.27. The van der Waals surface area contributed by atoms with E-state index in [1.165, 1.54) is 6.42 Å². The number of nitrogens with one attached hydrogen (secondary N) is 2. The predicted molar refractivity (Wildman–Crippen MR) is 42.5 cm³/mol. The van der Waals surface area contributed by atoms with E-state index in [-0.39, 0.29) is 11.9 Å². The first-order chi connectivity index (χ1) is 5.25. The maximum absolute atomic E-state index is 11.1. The molecule has 1 amide bonds. The molecule has 0 aromatic carbocycles. The first-order valence-corrected chi connectivity index (χ1v) is 3.98. The average molecular weight is 157 g/mol. The van der Waals surface area contributed by atoms with E-state index in [4.69, 9.17) is 5.73 Å². The summed E-state index contributed by atoms with van der Waals surface area (Å²) in [5, 5.41) is 0. The molecule has 1 unspecified atom stereocenters. The van der Waals surface area contributed by atoms with Gasteiger partial charge in [0, 0.05) is 7.05 Å². The average Bonchev–Trinajstić information content (AvgIpc) is 1.84. The van der Waals surface area contributed by atoms with Gasteiger partial charge >= 0.3 is 0 Å². The van der Waals surface area contributed by atoms with Gasteiger partial charge in [-0.3, -0.25) is 10.2 Å². The molecule has 1 atom stereocenters. The van der Waals surface area contributed by atoms with E-state index in [1.807, 2.05) is 0 Å². The van der Waals surface area contributed by atoms with Crippen LogP contribution in [-0.2, 0) is 4.79 Å². The molecule has 0 bridgehead atoms. The van der Waals surface area contributed by atoms with Gasteiger partial charge in [-0.2, -0.15) is 0 Å². The van der Waals surface area contributed by atoms with Gasteiger partial charge in [0.1, 0.15) is 0 Å². The van der Waals surface area contributed by atoms with E-state index in [2.05, 4.69) is 10.9 Å². The summed E-state index contributed by atoms with van der Waals surface area (Å²) < 4.78 is 0. The smallest absolute Gasteiger partial charge is 0.251 e. The third-order valence-electron chi connectivity index (χ3n) is 2.21. The molecular formula is C7H15N3O. The first kappa shape index (κ1) is 8.49. The lowest BCUT2D eigenvalue weighted by Crippen LogP contribution is -2.50. The van der Waals surface area contributed by atoms with Crippen LogP contribution in [0.2, 0.25) is 0 Å². The molecule has 4 N–H and O–H groups in total. The number of carbonyl (C=O) groups is 1. The third kappa shape index (κ3) is 1.91. The highest BCUT2D eigenvalue weighted by molar-refractivity contribution is 5.81. The zero-order valence-corrected chi connectivity index (χ0v) is 6.76. The third-order valence-corrected chi connectivity index (χ3v) is 2.21. The maximum Gasteiger partial charge on any atom is 0.251 e. The van der Waals surface area contributed by atoms with Gasteiger partial charge in [-0.1, -0.05) is 6.42 Å². The standard InChI is InChI=1S/C7H15N3O/c1-9-10-7(11)6(8)5-3-2-4-5/h5-6,9H,2-4,8H2,1H3,(H,10,11). The molecule has 1 fully saturated rings. The van der Waals surface area contributed by atoms with Crippen molar-refractivity contribution >= 4 is 5.91 Å². The molecule has 0 aromatic heterocycles. The van der Waals surface area contributed by atoms with Crippen LogP contribution in [0, 0.1) is 5.92 Å². The lowest BCUT2D eigenvalue weighted by atomic mass is 9.80. The highest BCUT2D eigenvalue weighted by Crippen LogP contribution is 2.28. The van der Waals surface area contributed by atoms with Crippen LogP contribution in [0.25, 0.3) is 0 Å². The topological polar surface area (TPSA) is 67.1 Å². The minimum absolute atomic E-state index is 0.0998. The van der Waals surface area contributed by atoms with Gasteiger partial charge < -0.3 is 5.73 Å². The van der Waals surface area contributed by atoms with E-state index in [1.54, 1.807) is 7.05 Å².